The third-order valence-electron chi connectivity index (χ3n) is 4.11. The van der Waals surface area contributed by atoms with Gasteiger partial charge in [-0.2, -0.15) is 0 Å². The Morgan fingerprint density at radius 2 is 2.05 bits per heavy atom. The van der Waals surface area contributed by atoms with Gasteiger partial charge in [0.1, 0.15) is 0 Å². The summed E-state index contributed by atoms with van der Waals surface area (Å²) in [6.45, 7) is 4.28. The molecule has 0 saturated carbocycles. The van der Waals surface area contributed by atoms with Crippen molar-refractivity contribution in [1.29, 1.82) is 0 Å². The highest BCUT2D eigenvalue weighted by Gasteiger charge is 2.28. The van der Waals surface area contributed by atoms with Gasteiger partial charge in [-0.1, -0.05) is 18.2 Å². The van der Waals surface area contributed by atoms with Crippen LogP contribution < -0.4 is 10.6 Å². The van der Waals surface area contributed by atoms with Crippen LogP contribution in [0.1, 0.15) is 17.5 Å². The normalized spacial score (nSPS) is 17.4. The summed E-state index contributed by atoms with van der Waals surface area (Å²) in [5.74, 6) is 0. The Morgan fingerprint density at radius 1 is 1.24 bits per heavy atom. The van der Waals surface area contributed by atoms with Gasteiger partial charge in [0.2, 0.25) is 0 Å². The molecule has 3 nitrogen and oxygen atoms in total. The summed E-state index contributed by atoms with van der Waals surface area (Å²) in [5.41, 5.74) is 11.9. The van der Waals surface area contributed by atoms with E-state index in [0.717, 1.165) is 33.0 Å². The maximum absolute atomic E-state index is 6.33. The summed E-state index contributed by atoms with van der Waals surface area (Å²) in [6, 6.07) is 13.2. The van der Waals surface area contributed by atoms with Crippen LogP contribution in [0.4, 0.5) is 17.1 Å². The Bertz CT molecular complexity index is 837. The van der Waals surface area contributed by atoms with E-state index >= 15 is 0 Å². The third kappa shape index (κ3) is 1.90. The summed E-state index contributed by atoms with van der Waals surface area (Å²) in [5, 5.41) is 1.08. The second-order valence-electron chi connectivity index (χ2n) is 5.66. The van der Waals surface area contributed by atoms with Gasteiger partial charge in [0.15, 0.2) is 0 Å². The van der Waals surface area contributed by atoms with Gasteiger partial charge in [-0.3, -0.25) is 0 Å². The Kier molecular flexibility index (Phi) is 2.69. The van der Waals surface area contributed by atoms with E-state index in [1.54, 1.807) is 11.3 Å². The van der Waals surface area contributed by atoms with E-state index in [9.17, 15) is 0 Å². The number of fused-ring (bicyclic) bond motifs is 2. The molecule has 2 aromatic carbocycles. The maximum Gasteiger partial charge on any atom is 0.0907 e. The van der Waals surface area contributed by atoms with Crippen LogP contribution in [0.15, 0.2) is 36.4 Å². The van der Waals surface area contributed by atoms with Crippen LogP contribution in [0.3, 0.4) is 0 Å². The fourth-order valence-electron chi connectivity index (χ4n) is 3.24. The van der Waals surface area contributed by atoms with Crippen LogP contribution >= 0.6 is 11.3 Å². The zero-order valence-corrected chi connectivity index (χ0v) is 12.9. The molecule has 1 aliphatic rings. The monoisotopic (exact) mass is 295 g/mol. The molecular formula is C17H17N3S. The van der Waals surface area contributed by atoms with Gasteiger partial charge < -0.3 is 10.6 Å². The minimum atomic E-state index is 0.418. The van der Waals surface area contributed by atoms with Crippen molar-refractivity contribution >= 4 is 38.6 Å². The van der Waals surface area contributed by atoms with Gasteiger partial charge in [0.25, 0.3) is 0 Å². The quantitative estimate of drug-likeness (QED) is 0.682. The number of thiazole rings is 1. The molecule has 21 heavy (non-hydrogen) atoms. The number of nitrogens with zero attached hydrogens (tertiary/aromatic N) is 2. The molecule has 0 aliphatic carbocycles. The molecule has 1 aromatic heterocycles. The molecule has 0 fully saturated rings. The standard InChI is InChI=1S/C17H17N3S/c1-10-7-12-5-3-4-6-15(12)20(10)16-9-14-17(8-13(16)18)21-11(2)19-14/h3-6,8-10H,7,18H2,1-2H3. The SMILES string of the molecule is Cc1nc2cc(N3c4ccccc4CC3C)c(N)cc2s1. The van der Waals surface area contributed by atoms with Crippen LogP contribution in [0, 0.1) is 6.92 Å². The number of nitrogen functional groups attached to an aromatic ring is 1. The second-order valence-corrected chi connectivity index (χ2v) is 6.90. The third-order valence-corrected chi connectivity index (χ3v) is 5.04. The highest BCUT2D eigenvalue weighted by molar-refractivity contribution is 7.18. The number of rotatable bonds is 1. The van der Waals surface area contributed by atoms with Crippen molar-refractivity contribution in [2.75, 3.05) is 10.6 Å². The summed E-state index contributed by atoms with van der Waals surface area (Å²) < 4.78 is 1.16. The molecular weight excluding hydrogens is 278 g/mol. The van der Waals surface area contributed by atoms with Crippen LogP contribution in [0.5, 0.6) is 0 Å². The molecule has 0 spiro atoms. The average Bonchev–Trinajstić information content (AvgIpc) is 2.95. The van der Waals surface area contributed by atoms with Gasteiger partial charge in [0.05, 0.1) is 26.6 Å². The van der Waals surface area contributed by atoms with Gasteiger partial charge >= 0.3 is 0 Å². The summed E-state index contributed by atoms with van der Waals surface area (Å²) in [7, 11) is 0. The minimum absolute atomic E-state index is 0.418. The molecule has 4 heteroatoms. The molecule has 1 unspecified atom stereocenters. The number of hydrogen-bond donors (Lipinski definition) is 1. The minimum Gasteiger partial charge on any atom is -0.397 e. The number of hydrogen-bond acceptors (Lipinski definition) is 4. The topological polar surface area (TPSA) is 42.2 Å². The predicted octanol–water partition coefficient (Wildman–Crippen LogP) is 4.27. The molecule has 3 aromatic rings. The molecule has 1 aliphatic heterocycles. The summed E-state index contributed by atoms with van der Waals surface area (Å²) in [6.07, 6.45) is 1.06. The lowest BCUT2D eigenvalue weighted by molar-refractivity contribution is 0.760. The smallest absolute Gasteiger partial charge is 0.0907 e. The van der Waals surface area contributed by atoms with Crippen LogP contribution in [-0.2, 0) is 6.42 Å². The van der Waals surface area contributed by atoms with E-state index < -0.39 is 0 Å². The Hall–Kier alpha value is -2.07. The lowest BCUT2D eigenvalue weighted by Gasteiger charge is -2.26. The number of benzene rings is 2. The summed E-state index contributed by atoms with van der Waals surface area (Å²) in [4.78, 5) is 6.95. The van der Waals surface area contributed by atoms with Crippen molar-refractivity contribution < 1.29 is 0 Å². The van der Waals surface area contributed by atoms with Crippen LogP contribution in [0.25, 0.3) is 10.2 Å². The van der Waals surface area contributed by atoms with Gasteiger partial charge in [-0.15, -0.1) is 11.3 Å². The number of para-hydroxylation sites is 1. The molecule has 0 bridgehead atoms. The molecule has 1 atom stereocenters. The van der Waals surface area contributed by atoms with E-state index in [0.29, 0.717) is 6.04 Å². The van der Waals surface area contributed by atoms with E-state index in [2.05, 4.69) is 53.2 Å². The largest absolute Gasteiger partial charge is 0.397 e. The van der Waals surface area contributed by atoms with Gasteiger partial charge in [-0.05, 0) is 44.0 Å². The number of aromatic nitrogens is 1. The first-order valence-corrected chi connectivity index (χ1v) is 7.99. The van der Waals surface area contributed by atoms with Crippen molar-refractivity contribution in [3.05, 3.63) is 47.0 Å². The lowest BCUT2D eigenvalue weighted by Crippen LogP contribution is -2.24. The van der Waals surface area contributed by atoms with E-state index in [1.807, 2.05) is 6.92 Å². The molecule has 106 valence electrons. The van der Waals surface area contributed by atoms with Crippen LogP contribution in [-0.4, -0.2) is 11.0 Å². The van der Waals surface area contributed by atoms with Crippen molar-refractivity contribution in [1.82, 2.24) is 4.98 Å². The second kappa shape index (κ2) is 4.46. The summed E-state index contributed by atoms with van der Waals surface area (Å²) >= 11 is 1.69. The van der Waals surface area contributed by atoms with Crippen LogP contribution in [0.2, 0.25) is 0 Å². The number of nitrogens with two attached hydrogens (primary N) is 1. The van der Waals surface area contributed by atoms with E-state index in [1.165, 1.54) is 11.3 Å². The zero-order chi connectivity index (χ0) is 14.6. The van der Waals surface area contributed by atoms with Crippen molar-refractivity contribution in [3.8, 4) is 0 Å². The van der Waals surface area contributed by atoms with Crippen molar-refractivity contribution in [2.45, 2.75) is 26.3 Å². The van der Waals surface area contributed by atoms with E-state index in [4.69, 9.17) is 5.73 Å². The van der Waals surface area contributed by atoms with Crippen molar-refractivity contribution in [2.24, 2.45) is 0 Å². The first-order valence-electron chi connectivity index (χ1n) is 7.17. The van der Waals surface area contributed by atoms with Crippen molar-refractivity contribution in [3.63, 3.8) is 0 Å². The molecule has 2 N–H and O–H groups in total. The fraction of sp³-hybridized carbons (Fsp3) is 0.235. The van der Waals surface area contributed by atoms with E-state index in [-0.39, 0.29) is 0 Å². The Labute approximate surface area is 128 Å². The lowest BCUT2D eigenvalue weighted by atomic mass is 10.1. The number of aryl methyl sites for hydroxylation is 1. The molecule has 0 saturated heterocycles. The molecule has 0 amide bonds. The Balaban J connectivity index is 1.91. The predicted molar refractivity (Wildman–Crippen MR) is 90.5 cm³/mol. The van der Waals surface area contributed by atoms with Gasteiger partial charge in [0, 0.05) is 11.7 Å². The molecule has 2 heterocycles. The molecule has 4 rings (SSSR count). The molecule has 0 radical (unpaired) electrons. The highest BCUT2D eigenvalue weighted by Crippen LogP contribution is 2.42. The highest BCUT2D eigenvalue weighted by atomic mass is 32.1. The van der Waals surface area contributed by atoms with Gasteiger partial charge in [-0.25, -0.2) is 4.98 Å². The maximum atomic E-state index is 6.33. The first-order chi connectivity index (χ1) is 10.1. The zero-order valence-electron chi connectivity index (χ0n) is 12.1. The first kappa shape index (κ1) is 12.7. The average molecular weight is 295 g/mol. The Morgan fingerprint density at radius 3 is 2.90 bits per heavy atom. The fourth-order valence-corrected chi connectivity index (χ4v) is 4.09. The number of anilines is 3.